The molecule has 1 unspecified atom stereocenters. The lowest BCUT2D eigenvalue weighted by atomic mass is 10.3. The van der Waals surface area contributed by atoms with Crippen molar-refractivity contribution in [1.29, 1.82) is 0 Å². The van der Waals surface area contributed by atoms with E-state index in [1.165, 1.54) is 6.08 Å². The predicted molar refractivity (Wildman–Crippen MR) is 74.2 cm³/mol. The third-order valence-corrected chi connectivity index (χ3v) is 2.29. The Balaban J connectivity index is 2.32. The van der Waals surface area contributed by atoms with Crippen molar-refractivity contribution in [3.05, 3.63) is 24.0 Å². The minimum atomic E-state index is -0.177. The topological polar surface area (TPSA) is 90.1 Å². The maximum absolute atomic E-state index is 11.5. The second kappa shape index (κ2) is 8.20. The van der Waals surface area contributed by atoms with E-state index in [1.54, 1.807) is 18.5 Å². The summed E-state index contributed by atoms with van der Waals surface area (Å²) in [5, 5.41) is 2.76. The summed E-state index contributed by atoms with van der Waals surface area (Å²) in [6.45, 7) is 5.16. The number of amides is 1. The molecule has 0 aromatic carbocycles. The zero-order chi connectivity index (χ0) is 14.1. The van der Waals surface area contributed by atoms with Gasteiger partial charge in [-0.05, 0) is 19.4 Å². The van der Waals surface area contributed by atoms with Gasteiger partial charge < -0.3 is 15.8 Å². The summed E-state index contributed by atoms with van der Waals surface area (Å²) in [5.41, 5.74) is 6.09. The van der Waals surface area contributed by atoms with E-state index in [2.05, 4.69) is 15.3 Å². The standard InChI is InChI=1S/C13H20N4O2/c1-3-6-19-10(2)7-15-12(18)5-4-11-8-16-13(14)17-9-11/h4-5,8-10H,3,6-7H2,1-2H3,(H,15,18)(H2,14,16,17). The fraction of sp³-hybridized carbons (Fsp3) is 0.462. The first-order chi connectivity index (χ1) is 9.11. The van der Waals surface area contributed by atoms with E-state index in [-0.39, 0.29) is 18.0 Å². The van der Waals surface area contributed by atoms with Gasteiger partial charge in [0.25, 0.3) is 0 Å². The highest BCUT2D eigenvalue weighted by Crippen LogP contribution is 1.99. The van der Waals surface area contributed by atoms with Gasteiger partial charge in [-0.2, -0.15) is 0 Å². The number of ether oxygens (including phenoxy) is 1. The van der Waals surface area contributed by atoms with Crippen LogP contribution in [-0.4, -0.2) is 35.1 Å². The fourth-order valence-corrected chi connectivity index (χ4v) is 1.29. The van der Waals surface area contributed by atoms with E-state index in [9.17, 15) is 4.79 Å². The van der Waals surface area contributed by atoms with Crippen LogP contribution in [0.4, 0.5) is 5.95 Å². The maximum atomic E-state index is 11.5. The quantitative estimate of drug-likeness (QED) is 0.717. The van der Waals surface area contributed by atoms with Crippen molar-refractivity contribution < 1.29 is 9.53 Å². The van der Waals surface area contributed by atoms with Gasteiger partial charge in [-0.1, -0.05) is 6.92 Å². The molecule has 0 fully saturated rings. The molecule has 0 aliphatic heterocycles. The molecule has 1 atom stereocenters. The first-order valence-electron chi connectivity index (χ1n) is 6.27. The Morgan fingerprint density at radius 1 is 1.53 bits per heavy atom. The second-order valence-corrected chi connectivity index (χ2v) is 4.13. The Morgan fingerprint density at radius 3 is 2.84 bits per heavy atom. The summed E-state index contributed by atoms with van der Waals surface area (Å²) in [6.07, 6.45) is 7.15. The molecule has 1 rings (SSSR count). The Hall–Kier alpha value is -1.95. The van der Waals surface area contributed by atoms with Crippen LogP contribution in [0.25, 0.3) is 6.08 Å². The molecule has 3 N–H and O–H groups in total. The molecular weight excluding hydrogens is 244 g/mol. The van der Waals surface area contributed by atoms with Crippen molar-refractivity contribution in [2.24, 2.45) is 0 Å². The number of aromatic nitrogens is 2. The second-order valence-electron chi connectivity index (χ2n) is 4.13. The third kappa shape index (κ3) is 6.52. The van der Waals surface area contributed by atoms with Crippen molar-refractivity contribution in [3.63, 3.8) is 0 Å². The minimum absolute atomic E-state index is 0.0113. The maximum Gasteiger partial charge on any atom is 0.244 e. The molecule has 0 saturated carbocycles. The van der Waals surface area contributed by atoms with E-state index in [1.807, 2.05) is 13.8 Å². The number of nitrogens with one attached hydrogen (secondary N) is 1. The van der Waals surface area contributed by atoms with Gasteiger partial charge in [0, 0.05) is 37.2 Å². The number of nitrogens with zero attached hydrogens (tertiary/aromatic N) is 2. The molecule has 0 aliphatic carbocycles. The average molecular weight is 264 g/mol. The molecule has 1 heterocycles. The summed E-state index contributed by atoms with van der Waals surface area (Å²) in [5.74, 6) is 0.0345. The van der Waals surface area contributed by atoms with Crippen LogP contribution in [0, 0.1) is 0 Å². The number of anilines is 1. The molecule has 19 heavy (non-hydrogen) atoms. The summed E-state index contributed by atoms with van der Waals surface area (Å²) >= 11 is 0. The monoisotopic (exact) mass is 264 g/mol. The number of hydrogen-bond donors (Lipinski definition) is 2. The summed E-state index contributed by atoms with van der Waals surface area (Å²) < 4.78 is 5.44. The van der Waals surface area contributed by atoms with Crippen LogP contribution < -0.4 is 11.1 Å². The lowest BCUT2D eigenvalue weighted by Gasteiger charge is -2.12. The molecular formula is C13H20N4O2. The summed E-state index contributed by atoms with van der Waals surface area (Å²) in [4.78, 5) is 19.2. The molecule has 0 aliphatic rings. The first-order valence-corrected chi connectivity index (χ1v) is 6.27. The Labute approximate surface area is 113 Å². The van der Waals surface area contributed by atoms with Gasteiger partial charge in [0.1, 0.15) is 0 Å². The Morgan fingerprint density at radius 2 is 2.21 bits per heavy atom. The zero-order valence-corrected chi connectivity index (χ0v) is 11.3. The number of nitrogens with two attached hydrogens (primary N) is 1. The van der Waals surface area contributed by atoms with Crippen LogP contribution >= 0.6 is 0 Å². The number of carbonyl (C=O) groups excluding carboxylic acids is 1. The van der Waals surface area contributed by atoms with Gasteiger partial charge in [0.15, 0.2) is 0 Å². The highest BCUT2D eigenvalue weighted by Gasteiger charge is 2.02. The van der Waals surface area contributed by atoms with Crippen molar-refractivity contribution in [1.82, 2.24) is 15.3 Å². The van der Waals surface area contributed by atoms with Gasteiger partial charge >= 0.3 is 0 Å². The van der Waals surface area contributed by atoms with Gasteiger partial charge in [0.05, 0.1) is 6.10 Å². The highest BCUT2D eigenvalue weighted by atomic mass is 16.5. The zero-order valence-electron chi connectivity index (χ0n) is 11.3. The number of hydrogen-bond acceptors (Lipinski definition) is 5. The molecule has 0 bridgehead atoms. The molecule has 104 valence electrons. The van der Waals surface area contributed by atoms with Crippen LogP contribution in [0.15, 0.2) is 18.5 Å². The van der Waals surface area contributed by atoms with Crippen LogP contribution in [0.2, 0.25) is 0 Å². The number of carbonyl (C=O) groups is 1. The van der Waals surface area contributed by atoms with Crippen LogP contribution in [0.1, 0.15) is 25.8 Å². The molecule has 1 aromatic rings. The average Bonchev–Trinajstić information content (AvgIpc) is 2.42. The minimum Gasteiger partial charge on any atom is -0.377 e. The van der Waals surface area contributed by atoms with Crippen molar-refractivity contribution in [2.45, 2.75) is 26.4 Å². The van der Waals surface area contributed by atoms with E-state index >= 15 is 0 Å². The first kappa shape index (κ1) is 15.1. The Bertz CT molecular complexity index is 417. The van der Waals surface area contributed by atoms with E-state index < -0.39 is 0 Å². The van der Waals surface area contributed by atoms with Crippen molar-refractivity contribution >= 4 is 17.9 Å². The predicted octanol–water partition coefficient (Wildman–Crippen LogP) is 1.00. The summed E-state index contributed by atoms with van der Waals surface area (Å²) in [7, 11) is 0. The molecule has 1 amide bonds. The fourth-order valence-electron chi connectivity index (χ4n) is 1.29. The smallest absolute Gasteiger partial charge is 0.244 e. The number of rotatable bonds is 7. The van der Waals surface area contributed by atoms with Crippen molar-refractivity contribution in [3.8, 4) is 0 Å². The highest BCUT2D eigenvalue weighted by molar-refractivity contribution is 5.91. The molecule has 0 spiro atoms. The lowest BCUT2D eigenvalue weighted by Crippen LogP contribution is -2.31. The van der Waals surface area contributed by atoms with Crippen LogP contribution in [0.5, 0.6) is 0 Å². The molecule has 6 heteroatoms. The van der Waals surface area contributed by atoms with Gasteiger partial charge in [-0.3, -0.25) is 4.79 Å². The van der Waals surface area contributed by atoms with Crippen LogP contribution in [-0.2, 0) is 9.53 Å². The Kier molecular flexibility index (Phi) is 6.52. The molecule has 6 nitrogen and oxygen atoms in total. The summed E-state index contributed by atoms with van der Waals surface area (Å²) in [6, 6.07) is 0. The molecule has 0 radical (unpaired) electrons. The van der Waals surface area contributed by atoms with Crippen LogP contribution in [0.3, 0.4) is 0 Å². The molecule has 1 aromatic heterocycles. The normalized spacial score (nSPS) is 12.5. The lowest BCUT2D eigenvalue weighted by molar-refractivity contribution is -0.117. The van der Waals surface area contributed by atoms with E-state index in [0.29, 0.717) is 13.2 Å². The third-order valence-electron chi connectivity index (χ3n) is 2.29. The molecule has 0 saturated heterocycles. The van der Waals surface area contributed by atoms with Gasteiger partial charge in [-0.15, -0.1) is 0 Å². The van der Waals surface area contributed by atoms with Gasteiger partial charge in [0.2, 0.25) is 11.9 Å². The van der Waals surface area contributed by atoms with Gasteiger partial charge in [-0.25, -0.2) is 9.97 Å². The number of nitrogen functional groups attached to an aromatic ring is 1. The SMILES string of the molecule is CCCOC(C)CNC(=O)C=Cc1cnc(N)nc1. The largest absolute Gasteiger partial charge is 0.377 e. The van der Waals surface area contributed by atoms with E-state index in [4.69, 9.17) is 10.5 Å². The van der Waals surface area contributed by atoms with E-state index in [0.717, 1.165) is 12.0 Å². The van der Waals surface area contributed by atoms with Crippen molar-refractivity contribution in [2.75, 3.05) is 18.9 Å².